The van der Waals surface area contributed by atoms with Gasteiger partial charge in [-0.2, -0.15) is 0 Å². The van der Waals surface area contributed by atoms with E-state index in [-0.39, 0.29) is 6.61 Å². The largest absolute Gasteiger partial charge is 0.370 e. The third-order valence-corrected chi connectivity index (χ3v) is 1.97. The topological polar surface area (TPSA) is 69.9 Å². The molecule has 4 nitrogen and oxygen atoms in total. The molecule has 0 heterocycles. The van der Waals surface area contributed by atoms with Crippen molar-refractivity contribution in [1.29, 1.82) is 0 Å². The standard InChI is InChI=1S/C10H18O4/c1-4-7-14-9(6-3)8(5-2)10(11,12)13/h4,6,8-9,11-13H,1,3,5,7H2,2H3. The summed E-state index contributed by atoms with van der Waals surface area (Å²) in [7, 11) is 0. The summed E-state index contributed by atoms with van der Waals surface area (Å²) in [6.45, 7) is 8.96. The SMILES string of the molecule is C=CCOC(C=C)C(CC)C(O)(O)O. The Morgan fingerprint density at radius 1 is 1.36 bits per heavy atom. The molecule has 0 saturated heterocycles. The lowest BCUT2D eigenvalue weighted by Crippen LogP contribution is -2.44. The molecule has 0 aromatic rings. The van der Waals surface area contributed by atoms with E-state index < -0.39 is 18.0 Å². The predicted octanol–water partition coefficient (Wildman–Crippen LogP) is 0.400. The maximum atomic E-state index is 9.04. The zero-order valence-corrected chi connectivity index (χ0v) is 8.39. The summed E-state index contributed by atoms with van der Waals surface area (Å²) in [6, 6.07) is 0. The summed E-state index contributed by atoms with van der Waals surface area (Å²) in [5.74, 6) is -3.56. The highest BCUT2D eigenvalue weighted by Gasteiger charge is 2.36. The molecule has 0 radical (unpaired) electrons. The molecule has 0 saturated carbocycles. The van der Waals surface area contributed by atoms with Crippen LogP contribution >= 0.6 is 0 Å². The first-order chi connectivity index (χ1) is 6.47. The van der Waals surface area contributed by atoms with Crippen LogP contribution in [0.15, 0.2) is 25.3 Å². The van der Waals surface area contributed by atoms with Gasteiger partial charge in [0.1, 0.15) is 0 Å². The lowest BCUT2D eigenvalue weighted by Gasteiger charge is -2.30. The molecule has 0 aliphatic heterocycles. The Labute approximate surface area is 84.1 Å². The second-order valence-electron chi connectivity index (χ2n) is 3.02. The van der Waals surface area contributed by atoms with Crippen LogP contribution in [0.3, 0.4) is 0 Å². The fourth-order valence-corrected chi connectivity index (χ4v) is 1.25. The van der Waals surface area contributed by atoms with Crippen molar-refractivity contribution < 1.29 is 20.1 Å². The molecule has 2 atom stereocenters. The van der Waals surface area contributed by atoms with Gasteiger partial charge in [-0.1, -0.05) is 19.1 Å². The number of aliphatic hydroxyl groups is 3. The highest BCUT2D eigenvalue weighted by Crippen LogP contribution is 2.22. The Morgan fingerprint density at radius 2 is 1.93 bits per heavy atom. The lowest BCUT2D eigenvalue weighted by molar-refractivity contribution is -0.352. The highest BCUT2D eigenvalue weighted by molar-refractivity contribution is 4.89. The molecule has 0 aromatic heterocycles. The van der Waals surface area contributed by atoms with Gasteiger partial charge in [-0.3, -0.25) is 0 Å². The van der Waals surface area contributed by atoms with Crippen molar-refractivity contribution >= 4 is 0 Å². The third kappa shape index (κ3) is 4.02. The number of rotatable bonds is 7. The molecule has 0 spiro atoms. The minimum absolute atomic E-state index is 0.267. The fourth-order valence-electron chi connectivity index (χ4n) is 1.25. The first kappa shape index (κ1) is 13.3. The fraction of sp³-hybridized carbons (Fsp3) is 0.600. The molecule has 0 amide bonds. The van der Waals surface area contributed by atoms with E-state index in [1.165, 1.54) is 12.2 Å². The van der Waals surface area contributed by atoms with E-state index >= 15 is 0 Å². The summed E-state index contributed by atoms with van der Waals surface area (Å²) in [4.78, 5) is 0. The number of hydrogen-bond acceptors (Lipinski definition) is 4. The molecule has 82 valence electrons. The van der Waals surface area contributed by atoms with E-state index in [2.05, 4.69) is 13.2 Å². The molecule has 3 N–H and O–H groups in total. The summed E-state index contributed by atoms with van der Waals surface area (Å²) in [5, 5.41) is 27.1. The van der Waals surface area contributed by atoms with Gasteiger partial charge >= 0.3 is 0 Å². The van der Waals surface area contributed by atoms with Gasteiger partial charge in [0.05, 0.1) is 18.6 Å². The number of hydrogen-bond donors (Lipinski definition) is 3. The van der Waals surface area contributed by atoms with Gasteiger partial charge in [0, 0.05) is 0 Å². The molecule has 4 heteroatoms. The minimum atomic E-state index is -2.74. The highest BCUT2D eigenvalue weighted by atomic mass is 16.7. The van der Waals surface area contributed by atoms with Crippen molar-refractivity contribution in [2.45, 2.75) is 25.4 Å². The minimum Gasteiger partial charge on any atom is -0.370 e. The van der Waals surface area contributed by atoms with Gasteiger partial charge in [-0.25, -0.2) is 0 Å². The van der Waals surface area contributed by atoms with Crippen molar-refractivity contribution in [3.63, 3.8) is 0 Å². The van der Waals surface area contributed by atoms with Crippen LogP contribution in [0.2, 0.25) is 0 Å². The van der Waals surface area contributed by atoms with Gasteiger partial charge in [0.15, 0.2) is 0 Å². The van der Waals surface area contributed by atoms with Crippen molar-refractivity contribution in [3.05, 3.63) is 25.3 Å². The molecule has 0 aliphatic carbocycles. The summed E-state index contributed by atoms with van der Waals surface area (Å²) < 4.78 is 5.20. The summed E-state index contributed by atoms with van der Waals surface area (Å²) >= 11 is 0. The van der Waals surface area contributed by atoms with Crippen LogP contribution in [0.4, 0.5) is 0 Å². The summed E-state index contributed by atoms with van der Waals surface area (Å²) in [5.41, 5.74) is 0. The van der Waals surface area contributed by atoms with E-state index in [0.717, 1.165) is 0 Å². The molecule has 0 aromatic carbocycles. The quantitative estimate of drug-likeness (QED) is 0.413. The molecule has 0 fully saturated rings. The average Bonchev–Trinajstić information content (AvgIpc) is 2.09. The van der Waals surface area contributed by atoms with Crippen LogP contribution in [-0.2, 0) is 4.74 Å². The normalized spacial score (nSPS) is 16.0. The first-order valence-corrected chi connectivity index (χ1v) is 4.49. The average molecular weight is 202 g/mol. The molecular formula is C10H18O4. The maximum Gasteiger partial charge on any atom is 0.281 e. The zero-order valence-electron chi connectivity index (χ0n) is 8.39. The Balaban J connectivity index is 4.44. The maximum absolute atomic E-state index is 9.04. The lowest BCUT2D eigenvalue weighted by atomic mass is 9.96. The van der Waals surface area contributed by atoms with Gasteiger partial charge in [0.2, 0.25) is 0 Å². The molecule has 14 heavy (non-hydrogen) atoms. The van der Waals surface area contributed by atoms with Crippen molar-refractivity contribution in [3.8, 4) is 0 Å². The Morgan fingerprint density at radius 3 is 2.21 bits per heavy atom. The molecular weight excluding hydrogens is 184 g/mol. The summed E-state index contributed by atoms with van der Waals surface area (Å²) in [6.07, 6.45) is 2.71. The van der Waals surface area contributed by atoms with Crippen molar-refractivity contribution in [2.75, 3.05) is 6.61 Å². The van der Waals surface area contributed by atoms with Crippen LogP contribution in [0.1, 0.15) is 13.3 Å². The number of ether oxygens (including phenoxy) is 1. The van der Waals surface area contributed by atoms with Crippen LogP contribution in [-0.4, -0.2) is 34.0 Å². The van der Waals surface area contributed by atoms with Crippen LogP contribution < -0.4 is 0 Å². The smallest absolute Gasteiger partial charge is 0.281 e. The molecule has 0 bridgehead atoms. The molecule has 0 rings (SSSR count). The monoisotopic (exact) mass is 202 g/mol. The third-order valence-electron chi connectivity index (χ3n) is 1.97. The van der Waals surface area contributed by atoms with E-state index in [1.54, 1.807) is 6.92 Å². The van der Waals surface area contributed by atoms with E-state index in [4.69, 9.17) is 20.1 Å². The van der Waals surface area contributed by atoms with Gasteiger partial charge in [0.25, 0.3) is 5.97 Å². The second-order valence-corrected chi connectivity index (χ2v) is 3.02. The predicted molar refractivity (Wildman–Crippen MR) is 53.3 cm³/mol. The molecule has 0 aliphatic rings. The van der Waals surface area contributed by atoms with E-state index in [0.29, 0.717) is 6.42 Å². The van der Waals surface area contributed by atoms with Crippen LogP contribution in [0.25, 0.3) is 0 Å². The Hall–Kier alpha value is -0.680. The van der Waals surface area contributed by atoms with Crippen molar-refractivity contribution in [2.24, 2.45) is 5.92 Å². The van der Waals surface area contributed by atoms with E-state index in [9.17, 15) is 0 Å². The van der Waals surface area contributed by atoms with Gasteiger partial charge in [-0.05, 0) is 6.42 Å². The second kappa shape index (κ2) is 5.93. The Kier molecular flexibility index (Phi) is 5.64. The van der Waals surface area contributed by atoms with Gasteiger partial charge in [-0.15, -0.1) is 13.2 Å². The zero-order chi connectivity index (χ0) is 11.2. The van der Waals surface area contributed by atoms with Crippen LogP contribution in [0.5, 0.6) is 0 Å². The first-order valence-electron chi connectivity index (χ1n) is 4.49. The van der Waals surface area contributed by atoms with Crippen LogP contribution in [0, 0.1) is 5.92 Å². The molecule has 2 unspecified atom stereocenters. The van der Waals surface area contributed by atoms with Gasteiger partial charge < -0.3 is 20.1 Å². The van der Waals surface area contributed by atoms with E-state index in [1.807, 2.05) is 0 Å². The van der Waals surface area contributed by atoms with Crippen molar-refractivity contribution in [1.82, 2.24) is 0 Å². The Bertz CT molecular complexity index is 183.